The molecule has 0 aromatic heterocycles. The number of hydrogen-bond acceptors (Lipinski definition) is 8. The first-order valence-corrected chi connectivity index (χ1v) is 14.0. The zero-order valence-corrected chi connectivity index (χ0v) is 24.0. The molecule has 0 spiro atoms. The molecule has 1 saturated heterocycles. The van der Waals surface area contributed by atoms with Crippen molar-refractivity contribution in [2.75, 3.05) is 39.8 Å². The van der Waals surface area contributed by atoms with Crippen molar-refractivity contribution in [2.24, 2.45) is 33.7 Å². The molecular formula is C29H52N6O2. The Morgan fingerprint density at radius 3 is 2.70 bits per heavy atom. The molecule has 210 valence electrons. The highest BCUT2D eigenvalue weighted by molar-refractivity contribution is 5.76. The van der Waals surface area contributed by atoms with Gasteiger partial charge >= 0.3 is 5.97 Å². The van der Waals surface area contributed by atoms with Crippen molar-refractivity contribution in [2.45, 2.75) is 84.3 Å². The van der Waals surface area contributed by atoms with Gasteiger partial charge in [-0.3, -0.25) is 9.69 Å². The minimum absolute atomic E-state index is 0. The normalized spacial score (nSPS) is 25.8. The van der Waals surface area contributed by atoms with Gasteiger partial charge in [0.05, 0.1) is 13.2 Å². The molecule has 2 aliphatic rings. The van der Waals surface area contributed by atoms with E-state index in [1.807, 2.05) is 0 Å². The van der Waals surface area contributed by atoms with E-state index >= 15 is 0 Å². The van der Waals surface area contributed by atoms with Crippen molar-refractivity contribution in [1.82, 2.24) is 16.4 Å². The van der Waals surface area contributed by atoms with Gasteiger partial charge in [-0.2, -0.15) is 10.2 Å². The van der Waals surface area contributed by atoms with E-state index in [1.54, 1.807) is 7.05 Å². The average molecular weight is 517 g/mol. The maximum Gasteiger partial charge on any atom is 0.323 e. The van der Waals surface area contributed by atoms with Crippen LogP contribution in [0.15, 0.2) is 28.4 Å². The summed E-state index contributed by atoms with van der Waals surface area (Å²) in [7, 11) is 1.74. The minimum atomic E-state index is -0.240. The van der Waals surface area contributed by atoms with Gasteiger partial charge in [0, 0.05) is 38.8 Å². The second-order valence-corrected chi connectivity index (χ2v) is 11.3. The number of carbonyl (C=O) groups is 1. The van der Waals surface area contributed by atoms with Gasteiger partial charge in [0.25, 0.3) is 0 Å². The van der Waals surface area contributed by atoms with E-state index in [0.29, 0.717) is 37.5 Å². The fourth-order valence-electron chi connectivity index (χ4n) is 6.00. The van der Waals surface area contributed by atoms with E-state index < -0.39 is 0 Å². The van der Waals surface area contributed by atoms with Crippen LogP contribution >= 0.6 is 0 Å². The lowest BCUT2D eigenvalue weighted by molar-refractivity contribution is -0.149. The Kier molecular flexibility index (Phi) is 12.6. The number of ether oxygens (including phenoxy) is 1. The van der Waals surface area contributed by atoms with E-state index in [2.05, 4.69) is 66.3 Å². The maximum absolute atomic E-state index is 12.8. The van der Waals surface area contributed by atoms with Crippen LogP contribution in [-0.2, 0) is 16.1 Å². The van der Waals surface area contributed by atoms with Gasteiger partial charge < -0.3 is 21.9 Å². The second-order valence-electron chi connectivity index (χ2n) is 11.3. The standard InChI is InChI=1S/C29H49N5O2.H3N/c1-6-23(7-2)19-36-28(35)27-16-26-15-24(10-11-29(26,30)20-32-27)17-34(13-12-33-31-5)18-25-9-8-21(3)14-22(25)4;/h8-9,14,23-24,26-27,32H,6-7,10-13,15-20,30H2,1-5H3;1H3/t24-,26?,27?,29?;/m0./s1. The number of nitrogens with zero attached hydrogens (tertiary/aromatic N) is 3. The minimum Gasteiger partial charge on any atom is -0.464 e. The number of nitrogens with two attached hydrogens (primary N) is 1. The van der Waals surface area contributed by atoms with Crippen molar-refractivity contribution in [3.8, 4) is 0 Å². The van der Waals surface area contributed by atoms with Gasteiger partial charge in [0.1, 0.15) is 6.04 Å². The first kappa shape index (κ1) is 31.3. The zero-order valence-electron chi connectivity index (χ0n) is 24.0. The van der Waals surface area contributed by atoms with Crippen LogP contribution in [0.4, 0.5) is 0 Å². The highest BCUT2D eigenvalue weighted by Gasteiger charge is 2.46. The van der Waals surface area contributed by atoms with Crippen LogP contribution < -0.4 is 17.2 Å². The van der Waals surface area contributed by atoms with Gasteiger partial charge in [0.15, 0.2) is 0 Å². The third-order valence-electron chi connectivity index (χ3n) is 8.61. The molecular weight excluding hydrogens is 464 g/mol. The van der Waals surface area contributed by atoms with Crippen LogP contribution in [0, 0.1) is 31.6 Å². The molecule has 2 fully saturated rings. The van der Waals surface area contributed by atoms with Gasteiger partial charge in [-0.1, -0.05) is 50.5 Å². The first-order chi connectivity index (χ1) is 17.3. The van der Waals surface area contributed by atoms with E-state index in [1.165, 1.54) is 16.7 Å². The average Bonchev–Trinajstić information content (AvgIpc) is 2.86. The molecule has 1 aromatic carbocycles. The maximum atomic E-state index is 12.8. The number of carbonyl (C=O) groups excluding carboxylic acids is 1. The number of azo groups is 1. The fraction of sp³-hybridized carbons (Fsp3) is 0.759. The van der Waals surface area contributed by atoms with Crippen molar-refractivity contribution < 1.29 is 9.53 Å². The molecule has 0 amide bonds. The molecule has 1 heterocycles. The molecule has 37 heavy (non-hydrogen) atoms. The van der Waals surface area contributed by atoms with Crippen molar-refractivity contribution in [3.05, 3.63) is 34.9 Å². The van der Waals surface area contributed by atoms with Crippen LogP contribution in [0.2, 0.25) is 0 Å². The van der Waals surface area contributed by atoms with Crippen molar-refractivity contribution in [3.63, 3.8) is 0 Å². The summed E-state index contributed by atoms with van der Waals surface area (Å²) in [4.78, 5) is 15.4. The molecule has 4 atom stereocenters. The quantitative estimate of drug-likeness (QED) is 0.270. The predicted octanol–water partition coefficient (Wildman–Crippen LogP) is 4.80. The third kappa shape index (κ3) is 8.84. The Labute approximate surface area is 224 Å². The summed E-state index contributed by atoms with van der Waals surface area (Å²) in [5.74, 6) is 1.24. The summed E-state index contributed by atoms with van der Waals surface area (Å²) >= 11 is 0. The molecule has 0 radical (unpaired) electrons. The molecule has 1 aliphatic heterocycles. The molecule has 0 bridgehead atoms. The highest BCUT2D eigenvalue weighted by atomic mass is 16.5. The Morgan fingerprint density at radius 2 is 2.03 bits per heavy atom. The summed E-state index contributed by atoms with van der Waals surface area (Å²) in [6.45, 7) is 13.4. The number of rotatable bonds is 12. The lowest BCUT2D eigenvalue weighted by atomic mass is 9.65. The van der Waals surface area contributed by atoms with Gasteiger partial charge in [-0.15, -0.1) is 0 Å². The smallest absolute Gasteiger partial charge is 0.323 e. The van der Waals surface area contributed by atoms with Crippen LogP contribution in [-0.4, -0.2) is 62.3 Å². The van der Waals surface area contributed by atoms with Crippen LogP contribution in [0.25, 0.3) is 0 Å². The summed E-state index contributed by atoms with van der Waals surface area (Å²) in [6.07, 6.45) is 6.03. The molecule has 8 nitrogen and oxygen atoms in total. The topological polar surface area (TPSA) is 127 Å². The molecule has 1 aliphatic carbocycles. The molecule has 8 heteroatoms. The van der Waals surface area contributed by atoms with E-state index in [4.69, 9.17) is 10.5 Å². The third-order valence-corrected chi connectivity index (χ3v) is 8.61. The summed E-state index contributed by atoms with van der Waals surface area (Å²) < 4.78 is 5.70. The Bertz CT molecular complexity index is 874. The number of piperidine rings is 1. The SMILES string of the molecule is CCC(CC)COC(=O)C1CC2C[C@@H](CN(CCN=NC)Cc3ccc(C)cc3C)CCC2(N)CN1.N. The lowest BCUT2D eigenvalue weighted by Crippen LogP contribution is -2.65. The zero-order chi connectivity index (χ0) is 26.1. The van der Waals surface area contributed by atoms with Gasteiger partial charge in [0.2, 0.25) is 0 Å². The number of aryl methyl sites for hydroxylation is 2. The monoisotopic (exact) mass is 516 g/mol. The number of benzene rings is 1. The molecule has 3 rings (SSSR count). The van der Waals surface area contributed by atoms with Gasteiger partial charge in [-0.05, 0) is 68.4 Å². The Balaban J connectivity index is 0.00000481. The Hall–Kier alpha value is -1.87. The number of nitrogens with one attached hydrogen (secondary N) is 1. The predicted molar refractivity (Wildman–Crippen MR) is 151 cm³/mol. The highest BCUT2D eigenvalue weighted by Crippen LogP contribution is 2.40. The molecule has 3 unspecified atom stereocenters. The molecule has 1 saturated carbocycles. The summed E-state index contributed by atoms with van der Waals surface area (Å²) in [5, 5.41) is 11.6. The van der Waals surface area contributed by atoms with Crippen molar-refractivity contribution in [1.29, 1.82) is 0 Å². The van der Waals surface area contributed by atoms with Crippen LogP contribution in [0.1, 0.15) is 69.1 Å². The number of esters is 1. The molecule has 1 aromatic rings. The summed E-state index contributed by atoms with van der Waals surface area (Å²) in [6, 6.07) is 6.49. The Morgan fingerprint density at radius 1 is 1.27 bits per heavy atom. The van der Waals surface area contributed by atoms with E-state index in [0.717, 1.165) is 58.2 Å². The second kappa shape index (κ2) is 14.9. The summed E-state index contributed by atoms with van der Waals surface area (Å²) in [5.41, 5.74) is 10.7. The number of hydrogen-bond donors (Lipinski definition) is 3. The lowest BCUT2D eigenvalue weighted by Gasteiger charge is -2.49. The first-order valence-electron chi connectivity index (χ1n) is 14.0. The molecule has 6 N–H and O–H groups in total. The van der Waals surface area contributed by atoms with E-state index in [9.17, 15) is 4.79 Å². The fourth-order valence-corrected chi connectivity index (χ4v) is 6.00. The van der Waals surface area contributed by atoms with Gasteiger partial charge in [-0.25, -0.2) is 0 Å². The largest absolute Gasteiger partial charge is 0.464 e. The number of fused-ring (bicyclic) bond motifs is 1. The van der Waals surface area contributed by atoms with Crippen LogP contribution in [0.5, 0.6) is 0 Å². The van der Waals surface area contributed by atoms with E-state index in [-0.39, 0.29) is 23.7 Å². The van der Waals surface area contributed by atoms with Crippen molar-refractivity contribution >= 4 is 5.97 Å². The van der Waals surface area contributed by atoms with Crippen LogP contribution in [0.3, 0.4) is 0 Å².